The molecule has 2 heteroatoms. The lowest BCUT2D eigenvalue weighted by Crippen LogP contribution is -2.01. The van der Waals surface area contributed by atoms with Crippen LogP contribution < -0.4 is 0 Å². The maximum Gasteiger partial charge on any atom is 0.155 e. The standard InChI is InChI=1S/C10H10O2/c11-10-3-1-2-8(6-10)9-4-5-12-7-9/h4-7H,1-3H2. The molecule has 1 aliphatic rings. The third kappa shape index (κ3) is 1.33. The quantitative estimate of drug-likeness (QED) is 0.634. The van der Waals surface area contributed by atoms with Crippen LogP contribution in [0.4, 0.5) is 0 Å². The predicted octanol–water partition coefficient (Wildman–Crippen LogP) is 2.42. The van der Waals surface area contributed by atoms with Crippen molar-refractivity contribution in [2.45, 2.75) is 19.3 Å². The molecule has 0 unspecified atom stereocenters. The monoisotopic (exact) mass is 162 g/mol. The molecule has 0 saturated heterocycles. The minimum atomic E-state index is 0.234. The van der Waals surface area contributed by atoms with E-state index in [1.165, 1.54) is 0 Å². The highest BCUT2D eigenvalue weighted by Crippen LogP contribution is 2.25. The van der Waals surface area contributed by atoms with Crippen LogP contribution in [-0.4, -0.2) is 5.78 Å². The highest BCUT2D eigenvalue weighted by atomic mass is 16.3. The van der Waals surface area contributed by atoms with E-state index in [4.69, 9.17) is 4.42 Å². The predicted molar refractivity (Wildman–Crippen MR) is 45.5 cm³/mol. The summed E-state index contributed by atoms with van der Waals surface area (Å²) < 4.78 is 4.95. The highest BCUT2D eigenvalue weighted by Gasteiger charge is 2.11. The molecule has 1 aromatic heterocycles. The first kappa shape index (κ1) is 7.35. The maximum atomic E-state index is 11.1. The molecule has 0 aliphatic heterocycles. The molecule has 0 spiro atoms. The van der Waals surface area contributed by atoms with Gasteiger partial charge in [0.15, 0.2) is 5.78 Å². The molecule has 0 N–H and O–H groups in total. The van der Waals surface area contributed by atoms with E-state index in [1.54, 1.807) is 18.6 Å². The largest absolute Gasteiger partial charge is 0.472 e. The fourth-order valence-corrected chi connectivity index (χ4v) is 1.47. The minimum absolute atomic E-state index is 0.234. The van der Waals surface area contributed by atoms with Gasteiger partial charge in [-0.15, -0.1) is 0 Å². The molecular weight excluding hydrogens is 152 g/mol. The van der Waals surface area contributed by atoms with E-state index in [0.29, 0.717) is 6.42 Å². The lowest BCUT2D eigenvalue weighted by molar-refractivity contribution is -0.114. The summed E-state index contributed by atoms with van der Waals surface area (Å²) in [6.07, 6.45) is 7.70. The van der Waals surface area contributed by atoms with Crippen LogP contribution in [0.5, 0.6) is 0 Å². The molecule has 1 heterocycles. The smallest absolute Gasteiger partial charge is 0.155 e. The Balaban J connectivity index is 2.29. The van der Waals surface area contributed by atoms with Gasteiger partial charge in [0.2, 0.25) is 0 Å². The van der Waals surface area contributed by atoms with Gasteiger partial charge in [0.25, 0.3) is 0 Å². The molecule has 0 saturated carbocycles. The second-order valence-corrected chi connectivity index (χ2v) is 3.00. The van der Waals surface area contributed by atoms with Crippen molar-refractivity contribution in [3.8, 4) is 0 Å². The van der Waals surface area contributed by atoms with Gasteiger partial charge in [-0.05, 0) is 30.6 Å². The van der Waals surface area contributed by atoms with Gasteiger partial charge in [0.1, 0.15) is 0 Å². The Bertz CT molecular complexity index is 307. The van der Waals surface area contributed by atoms with Gasteiger partial charge in [-0.2, -0.15) is 0 Å². The van der Waals surface area contributed by atoms with Crippen LogP contribution in [0.15, 0.2) is 29.1 Å². The summed E-state index contributed by atoms with van der Waals surface area (Å²) in [6, 6.07) is 1.89. The summed E-state index contributed by atoms with van der Waals surface area (Å²) in [5.41, 5.74) is 2.16. The summed E-state index contributed by atoms with van der Waals surface area (Å²) in [6.45, 7) is 0. The average molecular weight is 162 g/mol. The summed E-state index contributed by atoms with van der Waals surface area (Å²) in [4.78, 5) is 11.1. The molecule has 2 rings (SSSR count). The topological polar surface area (TPSA) is 30.2 Å². The molecule has 0 amide bonds. The summed E-state index contributed by atoms with van der Waals surface area (Å²) in [5.74, 6) is 0.234. The molecule has 0 fully saturated rings. The lowest BCUT2D eigenvalue weighted by atomic mass is 9.95. The molecule has 0 aromatic carbocycles. The van der Waals surface area contributed by atoms with E-state index in [0.717, 1.165) is 24.0 Å². The molecule has 2 nitrogen and oxygen atoms in total. The van der Waals surface area contributed by atoms with Crippen LogP contribution in [-0.2, 0) is 4.79 Å². The molecule has 12 heavy (non-hydrogen) atoms. The molecule has 1 aromatic rings. The van der Waals surface area contributed by atoms with Crippen LogP contribution >= 0.6 is 0 Å². The second-order valence-electron chi connectivity index (χ2n) is 3.00. The zero-order valence-corrected chi connectivity index (χ0v) is 6.75. The second kappa shape index (κ2) is 2.97. The maximum absolute atomic E-state index is 11.1. The summed E-state index contributed by atoms with van der Waals surface area (Å²) in [7, 11) is 0. The third-order valence-corrected chi connectivity index (χ3v) is 2.10. The number of ketones is 1. The number of carbonyl (C=O) groups excluding carboxylic acids is 1. The zero-order chi connectivity index (χ0) is 8.39. The fraction of sp³-hybridized carbons (Fsp3) is 0.300. The number of furan rings is 1. The van der Waals surface area contributed by atoms with Gasteiger partial charge in [0.05, 0.1) is 12.5 Å². The SMILES string of the molecule is O=C1C=C(c2ccoc2)CCC1. The van der Waals surface area contributed by atoms with Crippen molar-refractivity contribution in [2.75, 3.05) is 0 Å². The Morgan fingerprint density at radius 2 is 2.25 bits per heavy atom. The van der Waals surface area contributed by atoms with Gasteiger partial charge in [0, 0.05) is 12.0 Å². The first-order valence-electron chi connectivity index (χ1n) is 4.12. The normalized spacial score (nSPS) is 17.7. The summed E-state index contributed by atoms with van der Waals surface area (Å²) in [5, 5.41) is 0. The van der Waals surface area contributed by atoms with Gasteiger partial charge < -0.3 is 4.42 Å². The Kier molecular flexibility index (Phi) is 1.82. The van der Waals surface area contributed by atoms with Gasteiger partial charge >= 0.3 is 0 Å². The molecule has 0 atom stereocenters. The first-order valence-corrected chi connectivity index (χ1v) is 4.12. The number of allylic oxidation sites excluding steroid dienone is 2. The van der Waals surface area contributed by atoms with Crippen LogP contribution in [0.3, 0.4) is 0 Å². The first-order chi connectivity index (χ1) is 5.86. The van der Waals surface area contributed by atoms with Crippen molar-refractivity contribution in [1.82, 2.24) is 0 Å². The van der Waals surface area contributed by atoms with E-state index < -0.39 is 0 Å². The van der Waals surface area contributed by atoms with E-state index in [1.807, 2.05) is 6.07 Å². The van der Waals surface area contributed by atoms with Crippen molar-refractivity contribution >= 4 is 11.4 Å². The van der Waals surface area contributed by atoms with Crippen LogP contribution in [0.25, 0.3) is 5.57 Å². The summed E-state index contributed by atoms with van der Waals surface area (Å²) >= 11 is 0. The van der Waals surface area contributed by atoms with Crippen molar-refractivity contribution in [3.05, 3.63) is 30.2 Å². The van der Waals surface area contributed by atoms with Crippen molar-refractivity contribution in [1.29, 1.82) is 0 Å². The number of carbonyl (C=O) groups is 1. The van der Waals surface area contributed by atoms with E-state index in [9.17, 15) is 4.79 Å². The fourth-order valence-electron chi connectivity index (χ4n) is 1.47. The van der Waals surface area contributed by atoms with Gasteiger partial charge in [-0.25, -0.2) is 0 Å². The van der Waals surface area contributed by atoms with E-state index >= 15 is 0 Å². The van der Waals surface area contributed by atoms with Gasteiger partial charge in [-0.3, -0.25) is 4.79 Å². The molecule has 0 bridgehead atoms. The lowest BCUT2D eigenvalue weighted by Gasteiger charge is -2.09. The number of rotatable bonds is 1. The number of hydrogen-bond acceptors (Lipinski definition) is 2. The molecular formula is C10H10O2. The van der Waals surface area contributed by atoms with Crippen LogP contribution in [0.2, 0.25) is 0 Å². The number of hydrogen-bond donors (Lipinski definition) is 0. The molecule has 0 radical (unpaired) electrons. The molecule has 1 aliphatic carbocycles. The van der Waals surface area contributed by atoms with E-state index in [-0.39, 0.29) is 5.78 Å². The van der Waals surface area contributed by atoms with Crippen molar-refractivity contribution in [3.63, 3.8) is 0 Å². The van der Waals surface area contributed by atoms with Crippen molar-refractivity contribution < 1.29 is 9.21 Å². The van der Waals surface area contributed by atoms with Crippen LogP contribution in [0.1, 0.15) is 24.8 Å². The Hall–Kier alpha value is -1.31. The Morgan fingerprint density at radius 3 is 2.92 bits per heavy atom. The van der Waals surface area contributed by atoms with E-state index in [2.05, 4.69) is 0 Å². The van der Waals surface area contributed by atoms with Crippen LogP contribution in [0, 0.1) is 0 Å². The van der Waals surface area contributed by atoms with Crippen molar-refractivity contribution in [2.24, 2.45) is 0 Å². The average Bonchev–Trinajstić information content (AvgIpc) is 2.56. The zero-order valence-electron chi connectivity index (χ0n) is 6.75. The third-order valence-electron chi connectivity index (χ3n) is 2.10. The minimum Gasteiger partial charge on any atom is -0.472 e. The molecule has 62 valence electrons. The Labute approximate surface area is 70.9 Å². The Morgan fingerprint density at radius 1 is 1.33 bits per heavy atom. The van der Waals surface area contributed by atoms with Gasteiger partial charge in [-0.1, -0.05) is 0 Å². The highest BCUT2D eigenvalue weighted by molar-refractivity contribution is 5.98.